The van der Waals surface area contributed by atoms with Gasteiger partial charge in [0, 0.05) is 11.3 Å². The van der Waals surface area contributed by atoms with Crippen LogP contribution in [0.15, 0.2) is 42.5 Å². The van der Waals surface area contributed by atoms with Gasteiger partial charge < -0.3 is 10.6 Å². The molecule has 2 rings (SSSR count). The predicted molar refractivity (Wildman–Crippen MR) is 102 cm³/mol. The smallest absolute Gasteiger partial charge is 0.251 e. The SMILES string of the molecule is Cc1ccc(C(=O)NC(C(=O)Nc2cc(C)cc(C)c2)C(C)C)cc1. The van der Waals surface area contributed by atoms with Crippen LogP contribution in [-0.2, 0) is 4.79 Å². The van der Waals surface area contributed by atoms with E-state index < -0.39 is 6.04 Å². The molecule has 1 unspecified atom stereocenters. The average Bonchev–Trinajstić information content (AvgIpc) is 2.51. The van der Waals surface area contributed by atoms with Crippen LogP contribution in [0.2, 0.25) is 0 Å². The molecule has 0 saturated heterocycles. The third kappa shape index (κ3) is 5.18. The number of aryl methyl sites for hydroxylation is 3. The summed E-state index contributed by atoms with van der Waals surface area (Å²) in [5.41, 5.74) is 4.55. The highest BCUT2D eigenvalue weighted by Crippen LogP contribution is 2.15. The number of nitrogens with one attached hydrogen (secondary N) is 2. The van der Waals surface area contributed by atoms with Crippen LogP contribution in [0.1, 0.15) is 40.9 Å². The number of anilines is 1. The molecule has 0 aromatic heterocycles. The van der Waals surface area contributed by atoms with Gasteiger partial charge in [-0.25, -0.2) is 0 Å². The number of rotatable bonds is 5. The molecule has 0 bridgehead atoms. The molecule has 0 radical (unpaired) electrons. The van der Waals surface area contributed by atoms with Crippen LogP contribution in [0.5, 0.6) is 0 Å². The topological polar surface area (TPSA) is 58.2 Å². The lowest BCUT2D eigenvalue weighted by Gasteiger charge is -2.22. The minimum Gasteiger partial charge on any atom is -0.340 e. The Morgan fingerprint density at radius 1 is 0.840 bits per heavy atom. The second kappa shape index (κ2) is 7.97. The van der Waals surface area contributed by atoms with Gasteiger partial charge in [0.1, 0.15) is 6.04 Å². The first-order valence-electron chi connectivity index (χ1n) is 8.53. The van der Waals surface area contributed by atoms with Gasteiger partial charge >= 0.3 is 0 Å². The molecule has 2 aromatic rings. The molecule has 0 saturated carbocycles. The van der Waals surface area contributed by atoms with Crippen LogP contribution in [-0.4, -0.2) is 17.9 Å². The monoisotopic (exact) mass is 338 g/mol. The fourth-order valence-electron chi connectivity index (χ4n) is 2.73. The van der Waals surface area contributed by atoms with Gasteiger partial charge in [-0.1, -0.05) is 37.6 Å². The molecule has 0 aliphatic carbocycles. The maximum atomic E-state index is 12.7. The Bertz CT molecular complexity index is 744. The second-order valence-corrected chi connectivity index (χ2v) is 6.93. The molecule has 4 heteroatoms. The maximum absolute atomic E-state index is 12.7. The number of carbonyl (C=O) groups excluding carboxylic acids is 2. The average molecular weight is 338 g/mol. The summed E-state index contributed by atoms with van der Waals surface area (Å²) in [4.78, 5) is 25.1. The zero-order valence-corrected chi connectivity index (χ0v) is 15.5. The van der Waals surface area contributed by atoms with E-state index in [1.54, 1.807) is 12.1 Å². The molecule has 132 valence electrons. The highest BCUT2D eigenvalue weighted by atomic mass is 16.2. The van der Waals surface area contributed by atoms with Crippen LogP contribution in [0, 0.1) is 26.7 Å². The molecular formula is C21H26N2O2. The summed E-state index contributed by atoms with van der Waals surface area (Å²) in [6.07, 6.45) is 0. The number of carbonyl (C=O) groups is 2. The second-order valence-electron chi connectivity index (χ2n) is 6.93. The van der Waals surface area contributed by atoms with Crippen LogP contribution < -0.4 is 10.6 Å². The van der Waals surface area contributed by atoms with E-state index in [2.05, 4.69) is 16.7 Å². The highest BCUT2D eigenvalue weighted by molar-refractivity contribution is 6.01. The van der Waals surface area contributed by atoms with Gasteiger partial charge in [-0.05, 0) is 62.1 Å². The molecule has 4 nitrogen and oxygen atoms in total. The minimum atomic E-state index is -0.602. The Hall–Kier alpha value is -2.62. The van der Waals surface area contributed by atoms with Gasteiger partial charge in [-0.3, -0.25) is 9.59 Å². The normalized spacial score (nSPS) is 11.9. The van der Waals surface area contributed by atoms with Crippen molar-refractivity contribution >= 4 is 17.5 Å². The molecular weight excluding hydrogens is 312 g/mol. The molecule has 25 heavy (non-hydrogen) atoms. The number of hydrogen-bond acceptors (Lipinski definition) is 2. The molecule has 0 aliphatic heterocycles. The first-order valence-corrected chi connectivity index (χ1v) is 8.53. The zero-order chi connectivity index (χ0) is 18.6. The van der Waals surface area contributed by atoms with Gasteiger partial charge in [0.2, 0.25) is 5.91 Å². The Labute approximate surface area is 149 Å². The third-order valence-electron chi connectivity index (χ3n) is 4.04. The Balaban J connectivity index is 2.12. The van der Waals surface area contributed by atoms with Gasteiger partial charge in [0.25, 0.3) is 5.91 Å². The van der Waals surface area contributed by atoms with E-state index in [0.717, 1.165) is 22.4 Å². The van der Waals surface area contributed by atoms with Crippen molar-refractivity contribution in [2.75, 3.05) is 5.32 Å². The molecule has 0 spiro atoms. The van der Waals surface area contributed by atoms with Crippen molar-refractivity contribution in [1.29, 1.82) is 0 Å². The van der Waals surface area contributed by atoms with Crippen molar-refractivity contribution < 1.29 is 9.59 Å². The highest BCUT2D eigenvalue weighted by Gasteiger charge is 2.24. The summed E-state index contributed by atoms with van der Waals surface area (Å²) in [5.74, 6) is -0.477. The molecule has 2 amide bonds. The quantitative estimate of drug-likeness (QED) is 0.865. The number of amides is 2. The van der Waals surface area contributed by atoms with E-state index in [-0.39, 0.29) is 17.7 Å². The lowest BCUT2D eigenvalue weighted by molar-refractivity contribution is -0.118. The van der Waals surface area contributed by atoms with Crippen molar-refractivity contribution in [3.8, 4) is 0 Å². The van der Waals surface area contributed by atoms with Crippen molar-refractivity contribution in [2.45, 2.75) is 40.7 Å². The molecule has 0 heterocycles. The molecule has 1 atom stereocenters. The van der Waals surface area contributed by atoms with Crippen LogP contribution in [0.25, 0.3) is 0 Å². The zero-order valence-electron chi connectivity index (χ0n) is 15.5. The summed E-state index contributed by atoms with van der Waals surface area (Å²) in [6, 6.07) is 12.6. The van der Waals surface area contributed by atoms with Crippen molar-refractivity contribution in [3.05, 3.63) is 64.7 Å². The predicted octanol–water partition coefficient (Wildman–Crippen LogP) is 4.00. The number of benzene rings is 2. The third-order valence-corrected chi connectivity index (χ3v) is 4.04. The van der Waals surface area contributed by atoms with E-state index in [1.807, 2.05) is 58.9 Å². The van der Waals surface area contributed by atoms with Gasteiger partial charge in [-0.15, -0.1) is 0 Å². The summed E-state index contributed by atoms with van der Waals surface area (Å²) in [7, 11) is 0. The van der Waals surface area contributed by atoms with Gasteiger partial charge in [0.05, 0.1) is 0 Å². The fraction of sp³-hybridized carbons (Fsp3) is 0.333. The van der Waals surface area contributed by atoms with E-state index in [4.69, 9.17) is 0 Å². The largest absolute Gasteiger partial charge is 0.340 e. The lowest BCUT2D eigenvalue weighted by atomic mass is 10.0. The van der Waals surface area contributed by atoms with E-state index in [9.17, 15) is 9.59 Å². The first kappa shape index (κ1) is 18.7. The Morgan fingerprint density at radius 2 is 1.40 bits per heavy atom. The molecule has 2 aromatic carbocycles. The van der Waals surface area contributed by atoms with Crippen LogP contribution in [0.3, 0.4) is 0 Å². The summed E-state index contributed by atoms with van der Waals surface area (Å²) >= 11 is 0. The minimum absolute atomic E-state index is 0.0275. The van der Waals surface area contributed by atoms with E-state index in [0.29, 0.717) is 5.56 Å². The van der Waals surface area contributed by atoms with E-state index >= 15 is 0 Å². The van der Waals surface area contributed by atoms with Crippen LogP contribution in [0.4, 0.5) is 5.69 Å². The molecule has 0 aliphatic rings. The van der Waals surface area contributed by atoms with E-state index in [1.165, 1.54) is 0 Å². The van der Waals surface area contributed by atoms with Crippen molar-refractivity contribution in [2.24, 2.45) is 5.92 Å². The summed E-state index contributed by atoms with van der Waals surface area (Å²) in [5, 5.41) is 5.77. The maximum Gasteiger partial charge on any atom is 0.251 e. The number of hydrogen-bond donors (Lipinski definition) is 2. The van der Waals surface area contributed by atoms with Crippen molar-refractivity contribution in [3.63, 3.8) is 0 Å². The Morgan fingerprint density at radius 3 is 1.92 bits per heavy atom. The lowest BCUT2D eigenvalue weighted by Crippen LogP contribution is -2.47. The fourth-order valence-corrected chi connectivity index (χ4v) is 2.73. The van der Waals surface area contributed by atoms with Crippen molar-refractivity contribution in [1.82, 2.24) is 5.32 Å². The van der Waals surface area contributed by atoms with Gasteiger partial charge in [0.15, 0.2) is 0 Å². The first-order chi connectivity index (χ1) is 11.8. The molecule has 0 fully saturated rings. The summed E-state index contributed by atoms with van der Waals surface area (Å²) in [6.45, 7) is 9.78. The van der Waals surface area contributed by atoms with Gasteiger partial charge in [-0.2, -0.15) is 0 Å². The summed E-state index contributed by atoms with van der Waals surface area (Å²) < 4.78 is 0. The Kier molecular flexibility index (Phi) is 5.97. The van der Waals surface area contributed by atoms with Crippen LogP contribution >= 0.6 is 0 Å². The molecule has 2 N–H and O–H groups in total. The standard InChI is InChI=1S/C21H26N2O2/c1-13(2)19(23-20(24)17-8-6-14(3)7-9-17)21(25)22-18-11-15(4)10-16(5)12-18/h6-13,19H,1-5H3,(H,22,25)(H,23,24).